The van der Waals surface area contributed by atoms with E-state index in [2.05, 4.69) is 39.0 Å². The van der Waals surface area contributed by atoms with E-state index in [1.165, 1.54) is 27.9 Å². The number of hydrogen-bond donors (Lipinski definition) is 1. The van der Waals surface area contributed by atoms with Gasteiger partial charge in [-0.25, -0.2) is 0 Å². The van der Waals surface area contributed by atoms with E-state index in [-0.39, 0.29) is 0 Å². The van der Waals surface area contributed by atoms with Gasteiger partial charge in [0, 0.05) is 11.1 Å². The second kappa shape index (κ2) is 5.76. The third-order valence-corrected chi connectivity index (χ3v) is 4.68. The molecule has 1 N–H and O–H groups in total. The van der Waals surface area contributed by atoms with Crippen molar-refractivity contribution in [3.63, 3.8) is 0 Å². The zero-order valence-electron chi connectivity index (χ0n) is 13.4. The van der Waals surface area contributed by atoms with Gasteiger partial charge in [0.2, 0.25) is 0 Å². The molecule has 0 unspecified atom stereocenters. The lowest BCUT2D eigenvalue weighted by Gasteiger charge is -2.13. The number of benzene rings is 2. The van der Waals surface area contributed by atoms with Crippen LogP contribution in [-0.4, -0.2) is 5.71 Å². The Labute approximate surface area is 132 Å². The molecule has 1 nitrogen and oxygen atoms in total. The number of nitrogens with one attached hydrogen (secondary N) is 1. The van der Waals surface area contributed by atoms with E-state index in [0.717, 1.165) is 17.5 Å². The van der Waals surface area contributed by atoms with Crippen molar-refractivity contribution < 1.29 is 0 Å². The summed E-state index contributed by atoms with van der Waals surface area (Å²) in [6.45, 7) is 6.60. The summed E-state index contributed by atoms with van der Waals surface area (Å²) >= 11 is 0. The third-order valence-electron chi connectivity index (χ3n) is 4.68. The summed E-state index contributed by atoms with van der Waals surface area (Å²) in [6.07, 6.45) is 0.997. The minimum Gasteiger partial charge on any atom is -0.300 e. The molecule has 1 heteroatoms. The predicted octanol–water partition coefficient (Wildman–Crippen LogP) is 5.62. The fourth-order valence-electron chi connectivity index (χ4n) is 3.10. The molecule has 0 radical (unpaired) electrons. The van der Waals surface area contributed by atoms with Gasteiger partial charge in [0.15, 0.2) is 0 Å². The van der Waals surface area contributed by atoms with E-state index in [9.17, 15) is 0 Å². The highest BCUT2D eigenvalue weighted by atomic mass is 14.4. The lowest BCUT2D eigenvalue weighted by atomic mass is 9.91. The van der Waals surface area contributed by atoms with Crippen molar-refractivity contribution in [3.05, 3.63) is 88.0 Å². The summed E-state index contributed by atoms with van der Waals surface area (Å²) in [4.78, 5) is 0. The summed E-state index contributed by atoms with van der Waals surface area (Å²) in [5, 5.41) is 8.61. The Kier molecular flexibility index (Phi) is 3.81. The largest absolute Gasteiger partial charge is 0.300 e. The highest BCUT2D eigenvalue weighted by molar-refractivity contribution is 6.13. The second-order valence-corrected chi connectivity index (χ2v) is 5.97. The van der Waals surface area contributed by atoms with Gasteiger partial charge in [0.05, 0.1) is 5.71 Å². The predicted molar refractivity (Wildman–Crippen MR) is 94.4 cm³/mol. The number of hydrogen-bond acceptors (Lipinski definition) is 1. The molecule has 1 aliphatic rings. The van der Waals surface area contributed by atoms with E-state index in [0.29, 0.717) is 5.71 Å². The first-order valence-electron chi connectivity index (χ1n) is 7.70. The molecule has 2 aromatic rings. The molecule has 0 saturated heterocycles. The maximum Gasteiger partial charge on any atom is 0.0690 e. The van der Waals surface area contributed by atoms with E-state index >= 15 is 0 Å². The van der Waals surface area contributed by atoms with Crippen molar-refractivity contribution in [2.24, 2.45) is 0 Å². The Morgan fingerprint density at radius 1 is 0.818 bits per heavy atom. The van der Waals surface area contributed by atoms with Crippen LogP contribution in [0, 0.1) is 5.41 Å². The molecule has 2 aromatic carbocycles. The van der Waals surface area contributed by atoms with Gasteiger partial charge in [0.1, 0.15) is 0 Å². The van der Waals surface area contributed by atoms with Gasteiger partial charge in [-0.1, -0.05) is 60.2 Å². The van der Waals surface area contributed by atoms with Gasteiger partial charge in [-0.15, -0.1) is 0 Å². The Bertz CT molecular complexity index is 792. The Balaban J connectivity index is 2.08. The van der Waals surface area contributed by atoms with Crippen LogP contribution in [0.2, 0.25) is 0 Å². The van der Waals surface area contributed by atoms with Crippen molar-refractivity contribution in [2.45, 2.75) is 27.2 Å². The van der Waals surface area contributed by atoms with Crippen LogP contribution in [0.4, 0.5) is 0 Å². The monoisotopic (exact) mass is 287 g/mol. The molecule has 0 heterocycles. The maximum absolute atomic E-state index is 8.61. The van der Waals surface area contributed by atoms with Crippen LogP contribution in [0.5, 0.6) is 0 Å². The van der Waals surface area contributed by atoms with E-state index in [1.807, 2.05) is 36.4 Å². The molecular weight excluding hydrogens is 266 g/mol. The summed E-state index contributed by atoms with van der Waals surface area (Å²) in [6, 6.07) is 18.3. The van der Waals surface area contributed by atoms with Gasteiger partial charge in [-0.05, 0) is 49.5 Å². The van der Waals surface area contributed by atoms with E-state index in [4.69, 9.17) is 5.41 Å². The fourth-order valence-corrected chi connectivity index (χ4v) is 3.10. The summed E-state index contributed by atoms with van der Waals surface area (Å²) in [7, 11) is 0. The van der Waals surface area contributed by atoms with Crippen LogP contribution in [0.1, 0.15) is 43.9 Å². The standard InChI is InChI=1S/C21H21N/c1-14-13-20(16(3)15(14)2)18-11-7-8-12-19(18)21(22)17-9-5-4-6-10-17/h4-12,22H,13H2,1-3H3. The first kappa shape index (κ1) is 14.5. The number of allylic oxidation sites excluding steroid dienone is 4. The van der Waals surface area contributed by atoms with Crippen LogP contribution in [0.15, 0.2) is 71.3 Å². The Morgan fingerprint density at radius 3 is 2.09 bits per heavy atom. The van der Waals surface area contributed by atoms with Crippen LogP contribution in [0.25, 0.3) is 5.57 Å². The van der Waals surface area contributed by atoms with Crippen LogP contribution >= 0.6 is 0 Å². The molecule has 1 aliphatic carbocycles. The average Bonchev–Trinajstić information content (AvgIpc) is 2.82. The quantitative estimate of drug-likeness (QED) is 0.709. The topological polar surface area (TPSA) is 23.9 Å². The van der Waals surface area contributed by atoms with Gasteiger partial charge in [-0.2, -0.15) is 0 Å². The van der Waals surface area contributed by atoms with Crippen molar-refractivity contribution in [3.8, 4) is 0 Å². The van der Waals surface area contributed by atoms with Crippen LogP contribution in [0.3, 0.4) is 0 Å². The molecule has 0 spiro atoms. The summed E-state index contributed by atoms with van der Waals surface area (Å²) in [5.74, 6) is 0. The van der Waals surface area contributed by atoms with Gasteiger partial charge >= 0.3 is 0 Å². The molecule has 0 aromatic heterocycles. The molecule has 0 amide bonds. The molecule has 110 valence electrons. The first-order chi connectivity index (χ1) is 10.6. The molecular formula is C21H21N. The maximum atomic E-state index is 8.61. The first-order valence-corrected chi connectivity index (χ1v) is 7.70. The Hall–Kier alpha value is -2.41. The zero-order valence-corrected chi connectivity index (χ0v) is 13.4. The van der Waals surface area contributed by atoms with Gasteiger partial charge in [-0.3, -0.25) is 5.41 Å². The van der Waals surface area contributed by atoms with Crippen molar-refractivity contribution >= 4 is 11.3 Å². The molecule has 22 heavy (non-hydrogen) atoms. The molecule has 0 saturated carbocycles. The summed E-state index contributed by atoms with van der Waals surface area (Å²) < 4.78 is 0. The van der Waals surface area contributed by atoms with Crippen LogP contribution in [-0.2, 0) is 0 Å². The van der Waals surface area contributed by atoms with Crippen molar-refractivity contribution in [1.29, 1.82) is 5.41 Å². The van der Waals surface area contributed by atoms with E-state index < -0.39 is 0 Å². The lowest BCUT2D eigenvalue weighted by molar-refractivity contribution is 1.22. The normalized spacial score (nSPS) is 14.7. The fraction of sp³-hybridized carbons (Fsp3) is 0.190. The van der Waals surface area contributed by atoms with Crippen molar-refractivity contribution in [2.75, 3.05) is 0 Å². The van der Waals surface area contributed by atoms with Crippen LogP contribution < -0.4 is 0 Å². The SMILES string of the molecule is CC1=C(C)C(C)=C(c2ccccc2C(=N)c2ccccc2)C1. The minimum absolute atomic E-state index is 0.596. The highest BCUT2D eigenvalue weighted by Gasteiger charge is 2.20. The summed E-state index contributed by atoms with van der Waals surface area (Å²) in [5.41, 5.74) is 9.35. The average molecular weight is 287 g/mol. The minimum atomic E-state index is 0.596. The molecule has 0 aliphatic heterocycles. The lowest BCUT2D eigenvalue weighted by Crippen LogP contribution is -2.05. The third kappa shape index (κ3) is 2.43. The zero-order chi connectivity index (χ0) is 15.7. The molecule has 0 fully saturated rings. The molecule has 3 rings (SSSR count). The molecule has 0 atom stereocenters. The van der Waals surface area contributed by atoms with E-state index in [1.54, 1.807) is 0 Å². The van der Waals surface area contributed by atoms with Gasteiger partial charge in [0.25, 0.3) is 0 Å². The molecule has 0 bridgehead atoms. The second-order valence-electron chi connectivity index (χ2n) is 5.97. The van der Waals surface area contributed by atoms with Crippen molar-refractivity contribution in [1.82, 2.24) is 0 Å². The Morgan fingerprint density at radius 2 is 1.45 bits per heavy atom. The smallest absolute Gasteiger partial charge is 0.0690 e. The highest BCUT2D eigenvalue weighted by Crippen LogP contribution is 2.39. The van der Waals surface area contributed by atoms with Gasteiger partial charge < -0.3 is 0 Å². The number of rotatable bonds is 3.